The van der Waals surface area contributed by atoms with E-state index < -0.39 is 0 Å². The number of rotatable bonds is 3. The van der Waals surface area contributed by atoms with Crippen molar-refractivity contribution in [2.45, 2.75) is 76.3 Å². The summed E-state index contributed by atoms with van der Waals surface area (Å²) in [7, 11) is 0. The van der Waals surface area contributed by atoms with Crippen molar-refractivity contribution in [2.24, 2.45) is 0 Å². The number of halogens is 2. The Labute approximate surface area is 154 Å². The molecule has 24 heavy (non-hydrogen) atoms. The third-order valence-electron chi connectivity index (χ3n) is 5.34. The summed E-state index contributed by atoms with van der Waals surface area (Å²) in [5.41, 5.74) is 0.603. The summed E-state index contributed by atoms with van der Waals surface area (Å²) in [5.74, 6) is 0. The summed E-state index contributed by atoms with van der Waals surface area (Å²) in [6.45, 7) is 0. The van der Waals surface area contributed by atoms with Gasteiger partial charge >= 0.3 is 6.03 Å². The van der Waals surface area contributed by atoms with E-state index in [0.29, 0.717) is 27.8 Å². The number of hydrogen-bond acceptors (Lipinski definition) is 1. The molecular weight excluding hydrogens is 343 g/mol. The number of nitrogens with zero attached hydrogens (tertiary/aromatic N) is 1. The van der Waals surface area contributed by atoms with E-state index >= 15 is 0 Å². The van der Waals surface area contributed by atoms with E-state index in [9.17, 15) is 4.79 Å². The molecule has 0 spiro atoms. The molecular formula is C19H26Cl2N2O. The molecule has 2 aliphatic rings. The van der Waals surface area contributed by atoms with E-state index in [1.165, 1.54) is 38.5 Å². The fourth-order valence-corrected chi connectivity index (χ4v) is 4.46. The maximum absolute atomic E-state index is 13.1. The van der Waals surface area contributed by atoms with Crippen molar-refractivity contribution in [3.05, 3.63) is 28.2 Å². The van der Waals surface area contributed by atoms with Gasteiger partial charge in [0.05, 0.1) is 10.7 Å². The molecule has 3 rings (SSSR count). The Morgan fingerprint density at radius 1 is 0.917 bits per heavy atom. The highest BCUT2D eigenvalue weighted by molar-refractivity contribution is 6.35. The summed E-state index contributed by atoms with van der Waals surface area (Å²) in [6.07, 6.45) is 11.9. The van der Waals surface area contributed by atoms with Crippen LogP contribution in [0.5, 0.6) is 0 Å². The molecule has 0 bridgehead atoms. The van der Waals surface area contributed by atoms with Crippen LogP contribution in [0.25, 0.3) is 0 Å². The molecule has 1 N–H and O–H groups in total. The SMILES string of the molecule is O=C(Nc1cc(Cl)ccc1Cl)N(C1CCCCC1)C1CCCCC1. The van der Waals surface area contributed by atoms with Gasteiger partial charge in [0.15, 0.2) is 0 Å². The monoisotopic (exact) mass is 368 g/mol. The number of carbonyl (C=O) groups is 1. The predicted molar refractivity (Wildman–Crippen MR) is 101 cm³/mol. The molecule has 1 aromatic rings. The van der Waals surface area contributed by atoms with Crippen LogP contribution in [-0.4, -0.2) is 23.0 Å². The van der Waals surface area contributed by atoms with Crippen LogP contribution in [0.15, 0.2) is 18.2 Å². The molecule has 0 radical (unpaired) electrons. The van der Waals surface area contributed by atoms with E-state index in [0.717, 1.165) is 25.7 Å². The standard InChI is InChI=1S/C19H26Cl2N2O/c20-14-11-12-17(21)18(13-14)22-19(24)23(15-7-3-1-4-8-15)16-9-5-2-6-10-16/h11-13,15-16H,1-10H2,(H,22,24). The minimum atomic E-state index is -0.0158. The fourth-order valence-electron chi connectivity index (χ4n) is 4.12. The van der Waals surface area contributed by atoms with Gasteiger partial charge in [0.1, 0.15) is 0 Å². The lowest BCUT2D eigenvalue weighted by molar-refractivity contribution is 0.114. The van der Waals surface area contributed by atoms with E-state index in [-0.39, 0.29) is 6.03 Å². The second kappa shape index (κ2) is 8.44. The summed E-state index contributed by atoms with van der Waals surface area (Å²) in [6, 6.07) is 5.89. The number of nitrogens with one attached hydrogen (secondary N) is 1. The third-order valence-corrected chi connectivity index (χ3v) is 5.91. The molecule has 0 saturated heterocycles. The molecule has 3 nitrogen and oxygen atoms in total. The van der Waals surface area contributed by atoms with E-state index in [2.05, 4.69) is 10.2 Å². The van der Waals surface area contributed by atoms with Gasteiger partial charge in [0, 0.05) is 17.1 Å². The molecule has 0 aromatic heterocycles. The van der Waals surface area contributed by atoms with Crippen LogP contribution in [-0.2, 0) is 0 Å². The van der Waals surface area contributed by atoms with Crippen LogP contribution in [0.2, 0.25) is 10.0 Å². The van der Waals surface area contributed by atoms with Crippen molar-refractivity contribution in [3.8, 4) is 0 Å². The zero-order chi connectivity index (χ0) is 16.9. The van der Waals surface area contributed by atoms with Gasteiger partial charge in [0.25, 0.3) is 0 Å². The summed E-state index contributed by atoms with van der Waals surface area (Å²) >= 11 is 12.3. The molecule has 2 saturated carbocycles. The summed E-state index contributed by atoms with van der Waals surface area (Å²) in [5, 5.41) is 4.12. The zero-order valence-electron chi connectivity index (χ0n) is 14.1. The molecule has 0 aliphatic heterocycles. The van der Waals surface area contributed by atoms with Crippen molar-refractivity contribution in [1.82, 2.24) is 4.90 Å². The second-order valence-electron chi connectivity index (χ2n) is 7.05. The molecule has 2 amide bonds. The Morgan fingerprint density at radius 2 is 1.46 bits per heavy atom. The van der Waals surface area contributed by atoms with Gasteiger partial charge in [0.2, 0.25) is 0 Å². The molecule has 132 valence electrons. The topological polar surface area (TPSA) is 32.3 Å². The summed E-state index contributed by atoms with van der Waals surface area (Å²) in [4.78, 5) is 15.2. The Kier molecular flexibility index (Phi) is 6.29. The second-order valence-corrected chi connectivity index (χ2v) is 7.89. The Hall–Kier alpha value is -0.930. The number of hydrogen-bond donors (Lipinski definition) is 1. The molecule has 0 atom stereocenters. The van der Waals surface area contributed by atoms with Crippen LogP contribution < -0.4 is 5.32 Å². The first-order chi connectivity index (χ1) is 11.6. The smallest absolute Gasteiger partial charge is 0.319 e. The maximum atomic E-state index is 13.1. The van der Waals surface area contributed by atoms with Gasteiger partial charge in [-0.05, 0) is 43.9 Å². The minimum absolute atomic E-state index is 0.0158. The highest BCUT2D eigenvalue weighted by Crippen LogP contribution is 2.32. The lowest BCUT2D eigenvalue weighted by Crippen LogP contribution is -2.50. The average molecular weight is 369 g/mol. The molecule has 0 heterocycles. The van der Waals surface area contributed by atoms with Crippen LogP contribution in [0.1, 0.15) is 64.2 Å². The number of carbonyl (C=O) groups excluding carboxylic acids is 1. The maximum Gasteiger partial charge on any atom is 0.322 e. The van der Waals surface area contributed by atoms with Gasteiger partial charge in [-0.15, -0.1) is 0 Å². The Balaban J connectivity index is 1.78. The quantitative estimate of drug-likeness (QED) is 0.649. The van der Waals surface area contributed by atoms with E-state index in [1.54, 1.807) is 18.2 Å². The van der Waals surface area contributed by atoms with Crippen molar-refractivity contribution in [1.29, 1.82) is 0 Å². The minimum Gasteiger partial charge on any atom is -0.319 e. The highest BCUT2D eigenvalue weighted by Gasteiger charge is 2.32. The first kappa shape index (κ1) is 17.9. The van der Waals surface area contributed by atoms with E-state index in [1.807, 2.05) is 0 Å². The normalized spacial score (nSPS) is 19.9. The molecule has 2 fully saturated rings. The number of amides is 2. The van der Waals surface area contributed by atoms with Crippen LogP contribution >= 0.6 is 23.2 Å². The fraction of sp³-hybridized carbons (Fsp3) is 0.632. The van der Waals surface area contributed by atoms with Crippen LogP contribution in [0.3, 0.4) is 0 Å². The van der Waals surface area contributed by atoms with Gasteiger partial charge in [-0.2, -0.15) is 0 Å². The third kappa shape index (κ3) is 4.37. The van der Waals surface area contributed by atoms with Crippen molar-refractivity contribution in [3.63, 3.8) is 0 Å². The zero-order valence-corrected chi connectivity index (χ0v) is 15.6. The number of anilines is 1. The van der Waals surface area contributed by atoms with Gasteiger partial charge in [-0.1, -0.05) is 61.7 Å². The predicted octanol–water partition coefficient (Wildman–Crippen LogP) is 6.49. The lowest BCUT2D eigenvalue weighted by atomic mass is 9.89. The molecule has 5 heteroatoms. The molecule has 2 aliphatic carbocycles. The van der Waals surface area contributed by atoms with Crippen molar-refractivity contribution >= 4 is 34.9 Å². The van der Waals surface area contributed by atoms with Crippen molar-refractivity contribution in [2.75, 3.05) is 5.32 Å². The summed E-state index contributed by atoms with van der Waals surface area (Å²) < 4.78 is 0. The Morgan fingerprint density at radius 3 is 2.00 bits per heavy atom. The molecule has 1 aromatic carbocycles. The largest absolute Gasteiger partial charge is 0.322 e. The highest BCUT2D eigenvalue weighted by atomic mass is 35.5. The number of urea groups is 1. The van der Waals surface area contributed by atoms with Crippen molar-refractivity contribution < 1.29 is 4.79 Å². The van der Waals surface area contributed by atoms with E-state index in [4.69, 9.17) is 23.2 Å². The first-order valence-corrected chi connectivity index (χ1v) is 9.95. The van der Waals surface area contributed by atoms with Gasteiger partial charge in [-0.3, -0.25) is 0 Å². The lowest BCUT2D eigenvalue weighted by Gasteiger charge is -2.41. The molecule has 0 unspecified atom stereocenters. The Bertz CT molecular complexity index is 548. The van der Waals surface area contributed by atoms with Gasteiger partial charge < -0.3 is 10.2 Å². The van der Waals surface area contributed by atoms with Crippen LogP contribution in [0, 0.1) is 0 Å². The first-order valence-electron chi connectivity index (χ1n) is 9.19. The van der Waals surface area contributed by atoms with Gasteiger partial charge in [-0.25, -0.2) is 4.79 Å². The van der Waals surface area contributed by atoms with Crippen LogP contribution in [0.4, 0.5) is 10.5 Å². The average Bonchev–Trinajstić information content (AvgIpc) is 2.60. The number of benzene rings is 1.